The van der Waals surface area contributed by atoms with Crippen LogP contribution in [0.3, 0.4) is 0 Å². The van der Waals surface area contributed by atoms with Crippen LogP contribution >= 0.6 is 0 Å². The van der Waals surface area contributed by atoms with Gasteiger partial charge >= 0.3 is 29.0 Å². The first-order valence-corrected chi connectivity index (χ1v) is 9.39. The number of hydrogen-bond donors (Lipinski definition) is 0. The van der Waals surface area contributed by atoms with E-state index in [2.05, 4.69) is 0 Å². The number of rotatable bonds is 11. The van der Waals surface area contributed by atoms with Crippen LogP contribution in [0.15, 0.2) is 14.4 Å². The van der Waals surface area contributed by atoms with Crippen molar-refractivity contribution < 1.29 is 28.5 Å². The summed E-state index contributed by atoms with van der Waals surface area (Å²) < 4.78 is 21.8. The molecule has 0 aromatic carbocycles. The molecule has 1 aromatic rings. The van der Waals surface area contributed by atoms with Crippen LogP contribution in [0.25, 0.3) is 0 Å². The number of carbonyl (C=O) groups is 2. The van der Waals surface area contributed by atoms with Crippen molar-refractivity contribution in [2.75, 3.05) is 26.4 Å². The van der Waals surface area contributed by atoms with Gasteiger partial charge in [0, 0.05) is 6.54 Å². The van der Waals surface area contributed by atoms with Gasteiger partial charge in [-0.15, -0.1) is 0 Å². The Morgan fingerprint density at radius 3 is 1.66 bits per heavy atom. The molecule has 3 heterocycles. The summed E-state index contributed by atoms with van der Waals surface area (Å²) in [4.78, 5) is 61.9. The van der Waals surface area contributed by atoms with Crippen LogP contribution in [0.5, 0.6) is 0 Å². The molecule has 2 saturated heterocycles. The van der Waals surface area contributed by atoms with Gasteiger partial charge in [-0.2, -0.15) is 0 Å². The fourth-order valence-corrected chi connectivity index (χ4v) is 2.51. The molecule has 2 unspecified atom stereocenters. The number of unbranched alkanes of at least 4 members (excludes halogenated alkanes) is 1. The highest BCUT2D eigenvalue weighted by Gasteiger charge is 2.26. The number of aromatic nitrogens is 3. The van der Waals surface area contributed by atoms with Crippen molar-refractivity contribution in [1.82, 2.24) is 13.7 Å². The van der Waals surface area contributed by atoms with Crippen molar-refractivity contribution in [2.45, 2.75) is 51.6 Å². The van der Waals surface area contributed by atoms with Crippen LogP contribution in [0, 0.1) is 0 Å². The van der Waals surface area contributed by atoms with E-state index in [0.717, 1.165) is 4.57 Å². The molecule has 0 bridgehead atoms. The third-order valence-corrected chi connectivity index (χ3v) is 4.36. The zero-order valence-corrected chi connectivity index (χ0v) is 16.0. The van der Waals surface area contributed by atoms with Gasteiger partial charge in [-0.1, -0.05) is 13.3 Å². The molecular formula is C17H23N3O9. The fourth-order valence-electron chi connectivity index (χ4n) is 2.51. The molecule has 29 heavy (non-hydrogen) atoms. The lowest BCUT2D eigenvalue weighted by Crippen LogP contribution is -2.56. The van der Waals surface area contributed by atoms with Crippen molar-refractivity contribution in [3.05, 3.63) is 31.5 Å². The van der Waals surface area contributed by atoms with Gasteiger partial charge in [-0.25, -0.2) is 28.1 Å². The molecule has 2 atom stereocenters. The minimum atomic E-state index is -1.08. The van der Waals surface area contributed by atoms with Gasteiger partial charge in [0.2, 0.25) is 0 Å². The first kappa shape index (κ1) is 21.0. The Morgan fingerprint density at radius 1 is 0.862 bits per heavy atom. The highest BCUT2D eigenvalue weighted by Crippen LogP contribution is 2.09. The molecule has 2 aliphatic rings. The van der Waals surface area contributed by atoms with Crippen LogP contribution in [-0.2, 0) is 48.2 Å². The van der Waals surface area contributed by atoms with E-state index in [-0.39, 0.29) is 32.0 Å². The van der Waals surface area contributed by atoms with E-state index in [1.54, 1.807) is 0 Å². The van der Waals surface area contributed by atoms with Crippen LogP contribution in [-0.4, -0.2) is 64.3 Å². The largest absolute Gasteiger partial charge is 0.461 e. The SMILES string of the molecule is CCCCn1c(=O)n(CC(=O)OCC2CO2)c(=O)n(CC(=O)OCC2CO2)c1=O. The zero-order valence-electron chi connectivity index (χ0n) is 16.0. The molecule has 0 N–H and O–H groups in total. The Bertz CT molecular complexity index is 869. The van der Waals surface area contributed by atoms with Crippen molar-refractivity contribution >= 4 is 11.9 Å². The van der Waals surface area contributed by atoms with Gasteiger partial charge in [-0.05, 0) is 6.42 Å². The van der Waals surface area contributed by atoms with Crippen molar-refractivity contribution in [2.24, 2.45) is 0 Å². The highest BCUT2D eigenvalue weighted by atomic mass is 16.6. The van der Waals surface area contributed by atoms with Gasteiger partial charge in [0.05, 0.1) is 13.2 Å². The topological polar surface area (TPSA) is 144 Å². The first-order valence-electron chi connectivity index (χ1n) is 9.39. The van der Waals surface area contributed by atoms with Crippen LogP contribution in [0.4, 0.5) is 0 Å². The summed E-state index contributed by atoms with van der Waals surface area (Å²) >= 11 is 0. The molecular weight excluding hydrogens is 390 g/mol. The predicted molar refractivity (Wildman–Crippen MR) is 95.5 cm³/mol. The lowest BCUT2D eigenvalue weighted by atomic mass is 10.3. The standard InChI is InChI=1S/C17H23N3O9/c1-2-3-4-18-15(23)19(5-13(21)28-9-11-7-26-11)17(25)20(16(18)24)6-14(22)29-10-12-8-27-12/h11-12H,2-10H2,1H3. The van der Waals surface area contributed by atoms with Gasteiger partial charge in [0.1, 0.15) is 38.5 Å². The average molecular weight is 413 g/mol. The second kappa shape index (κ2) is 9.18. The number of ether oxygens (including phenoxy) is 4. The monoisotopic (exact) mass is 413 g/mol. The molecule has 12 heteroatoms. The normalized spacial score (nSPS) is 19.6. The number of nitrogens with zero attached hydrogens (tertiary/aromatic N) is 3. The Morgan fingerprint density at radius 2 is 1.28 bits per heavy atom. The van der Waals surface area contributed by atoms with Crippen LogP contribution in [0.2, 0.25) is 0 Å². The fraction of sp³-hybridized carbons (Fsp3) is 0.706. The first-order chi connectivity index (χ1) is 13.9. The summed E-state index contributed by atoms with van der Waals surface area (Å²) in [7, 11) is 0. The summed E-state index contributed by atoms with van der Waals surface area (Å²) in [5, 5.41) is 0. The molecule has 0 spiro atoms. The second-order valence-corrected chi connectivity index (χ2v) is 6.80. The predicted octanol–water partition coefficient (Wildman–Crippen LogP) is -2.14. The van der Waals surface area contributed by atoms with Gasteiger partial charge < -0.3 is 18.9 Å². The molecule has 160 valence electrons. The number of esters is 2. The summed E-state index contributed by atoms with van der Waals surface area (Å²) in [6.07, 6.45) is 0.852. The Balaban J connectivity index is 1.84. The van der Waals surface area contributed by atoms with Crippen LogP contribution < -0.4 is 17.1 Å². The van der Waals surface area contributed by atoms with E-state index in [1.807, 2.05) is 6.92 Å². The van der Waals surface area contributed by atoms with E-state index >= 15 is 0 Å². The van der Waals surface area contributed by atoms with E-state index in [0.29, 0.717) is 35.2 Å². The van der Waals surface area contributed by atoms with E-state index in [4.69, 9.17) is 18.9 Å². The summed E-state index contributed by atoms with van der Waals surface area (Å²) in [6.45, 7) is 1.56. The quantitative estimate of drug-likeness (QED) is 0.293. The van der Waals surface area contributed by atoms with E-state index in [9.17, 15) is 24.0 Å². The smallest absolute Gasteiger partial charge is 0.337 e. The highest BCUT2D eigenvalue weighted by molar-refractivity contribution is 5.69. The molecule has 0 saturated carbocycles. The summed E-state index contributed by atoms with van der Waals surface area (Å²) in [6, 6.07) is 0. The Labute approximate surface area is 164 Å². The third-order valence-electron chi connectivity index (χ3n) is 4.36. The van der Waals surface area contributed by atoms with Gasteiger partial charge in [-0.3, -0.25) is 9.59 Å². The molecule has 12 nitrogen and oxygen atoms in total. The Kier molecular flexibility index (Phi) is 6.64. The number of carbonyl (C=O) groups excluding carboxylic acids is 2. The molecule has 3 rings (SSSR count). The molecule has 2 fully saturated rings. The maximum Gasteiger partial charge on any atom is 0.337 e. The van der Waals surface area contributed by atoms with Crippen molar-refractivity contribution in [1.29, 1.82) is 0 Å². The molecule has 0 amide bonds. The maximum absolute atomic E-state index is 12.7. The van der Waals surface area contributed by atoms with Crippen molar-refractivity contribution in [3.8, 4) is 0 Å². The summed E-state index contributed by atoms with van der Waals surface area (Å²) in [5.41, 5.74) is -2.93. The average Bonchev–Trinajstić information content (AvgIpc) is 3.60. The van der Waals surface area contributed by atoms with Gasteiger partial charge in [0.25, 0.3) is 0 Å². The van der Waals surface area contributed by atoms with Gasteiger partial charge in [0.15, 0.2) is 0 Å². The van der Waals surface area contributed by atoms with E-state index < -0.39 is 42.1 Å². The third kappa shape index (κ3) is 5.64. The van der Waals surface area contributed by atoms with Crippen molar-refractivity contribution in [3.63, 3.8) is 0 Å². The zero-order chi connectivity index (χ0) is 21.0. The molecule has 0 aliphatic carbocycles. The number of hydrogen-bond acceptors (Lipinski definition) is 9. The summed E-state index contributed by atoms with van der Waals surface area (Å²) in [5.74, 6) is -1.64. The lowest BCUT2D eigenvalue weighted by molar-refractivity contribution is -0.145. The minimum absolute atomic E-state index is 0.0206. The second-order valence-electron chi connectivity index (χ2n) is 6.80. The van der Waals surface area contributed by atoms with E-state index in [1.165, 1.54) is 0 Å². The minimum Gasteiger partial charge on any atom is -0.461 e. The van der Waals surface area contributed by atoms with Crippen LogP contribution in [0.1, 0.15) is 19.8 Å². The molecule has 0 radical (unpaired) electrons. The molecule has 2 aliphatic heterocycles. The number of epoxide rings is 2. The maximum atomic E-state index is 12.7. The Hall–Kier alpha value is -2.73. The molecule has 1 aromatic heterocycles. The lowest BCUT2D eigenvalue weighted by Gasteiger charge is -2.13.